The van der Waals surface area contributed by atoms with Crippen LogP contribution in [0.4, 0.5) is 20.2 Å². The van der Waals surface area contributed by atoms with E-state index in [9.17, 15) is 10.2 Å². The molecule has 6 nitrogen and oxygen atoms in total. The lowest BCUT2D eigenvalue weighted by Crippen LogP contribution is -2.26. The number of ether oxygens (including phenoxy) is 2. The van der Waals surface area contributed by atoms with E-state index < -0.39 is 11.6 Å². The molecule has 1 aliphatic heterocycles. The maximum absolute atomic E-state index is 16.3. The third kappa shape index (κ3) is 13.6. The van der Waals surface area contributed by atoms with Crippen molar-refractivity contribution in [2.24, 2.45) is 16.2 Å². The molecule has 0 saturated carbocycles. The molecule has 2 N–H and O–H groups in total. The zero-order valence-corrected chi connectivity index (χ0v) is 59.7. The molecule has 1 unspecified atom stereocenters. The number of aromatic hydroxyl groups is 2. The minimum absolute atomic E-state index is 0.0195. The lowest BCUT2D eigenvalue weighted by molar-refractivity contribution is 0.247. The molecule has 8 aromatic rings. The molecular weight excluding hydrogens is 1140 g/mol. The number of allylic oxidation sites excluding steroid dienone is 4. The Morgan fingerprint density at radius 1 is 0.467 bits per heavy atom. The van der Waals surface area contributed by atoms with Gasteiger partial charge in [0, 0.05) is 51.1 Å². The molecule has 8 heteroatoms. The minimum atomic E-state index is -0.452. The Balaban J connectivity index is 1.05. The fourth-order valence-corrected chi connectivity index (χ4v) is 14.8. The molecular formula is C84H104F2N2O4. The van der Waals surface area contributed by atoms with Gasteiger partial charge in [0.15, 0.2) is 0 Å². The first-order valence-electron chi connectivity index (χ1n) is 33.5. The number of hydrogen-bond acceptors (Lipinski definition) is 5. The van der Waals surface area contributed by atoms with Gasteiger partial charge in [-0.1, -0.05) is 195 Å². The summed E-state index contributed by atoms with van der Waals surface area (Å²) >= 11 is 0. The third-order valence-corrected chi connectivity index (χ3v) is 19.1. The highest BCUT2D eigenvalue weighted by Crippen LogP contribution is 2.58. The van der Waals surface area contributed by atoms with Gasteiger partial charge in [-0.2, -0.15) is 0 Å². The summed E-state index contributed by atoms with van der Waals surface area (Å²) in [7, 11) is 0. The van der Waals surface area contributed by atoms with E-state index in [2.05, 4.69) is 241 Å². The van der Waals surface area contributed by atoms with Crippen molar-refractivity contribution < 1.29 is 28.5 Å². The number of hydrogen-bond donors (Lipinski definition) is 2. The van der Waals surface area contributed by atoms with Crippen LogP contribution in [0.25, 0.3) is 49.7 Å². The van der Waals surface area contributed by atoms with E-state index in [4.69, 9.17) is 9.47 Å². The zero-order chi connectivity index (χ0) is 67.5. The molecule has 2 aliphatic rings. The smallest absolute Gasteiger partial charge is 0.147 e. The third-order valence-electron chi connectivity index (χ3n) is 19.1. The van der Waals surface area contributed by atoms with Crippen LogP contribution < -0.4 is 14.4 Å². The van der Waals surface area contributed by atoms with Gasteiger partial charge in [-0.05, 0) is 193 Å². The van der Waals surface area contributed by atoms with E-state index in [1.54, 1.807) is 6.07 Å². The van der Waals surface area contributed by atoms with E-state index in [-0.39, 0.29) is 74.0 Å². The van der Waals surface area contributed by atoms with Crippen LogP contribution in [0, 0.1) is 34.8 Å². The van der Waals surface area contributed by atoms with Gasteiger partial charge in [0.25, 0.3) is 0 Å². The predicted molar refractivity (Wildman–Crippen MR) is 384 cm³/mol. The molecule has 1 aliphatic carbocycles. The van der Waals surface area contributed by atoms with Crippen molar-refractivity contribution in [3.63, 3.8) is 0 Å². The molecule has 7 aromatic carbocycles. The topological polar surface area (TPSA) is 67.1 Å². The van der Waals surface area contributed by atoms with Crippen molar-refractivity contribution in [3.8, 4) is 50.9 Å². The lowest BCUT2D eigenvalue weighted by Gasteiger charge is -2.35. The highest BCUT2D eigenvalue weighted by Gasteiger charge is 2.41. The molecule has 92 heavy (non-hydrogen) atoms. The fraction of sp³-hybridized carbons (Fsp3) is 0.452. The van der Waals surface area contributed by atoms with Gasteiger partial charge in [-0.3, -0.25) is 0 Å². The molecule has 1 aromatic heterocycles. The average Bonchev–Trinajstić information content (AvgIpc) is 1.55. The Morgan fingerprint density at radius 2 is 0.946 bits per heavy atom. The normalized spacial score (nSPS) is 15.3. The molecule has 0 bridgehead atoms. The van der Waals surface area contributed by atoms with Crippen LogP contribution in [0.3, 0.4) is 0 Å². The molecule has 10 rings (SSSR count). The first-order valence-corrected chi connectivity index (χ1v) is 33.5. The Kier molecular flexibility index (Phi) is 17.3. The van der Waals surface area contributed by atoms with E-state index in [0.29, 0.717) is 57.1 Å². The number of fused-ring (bicyclic) bond motifs is 6. The van der Waals surface area contributed by atoms with E-state index >= 15 is 8.78 Å². The number of aryl methyl sites for hydroxylation is 1. The van der Waals surface area contributed by atoms with Crippen molar-refractivity contribution in [1.82, 2.24) is 4.57 Å². The molecule has 0 amide bonds. The second-order valence-corrected chi connectivity index (χ2v) is 34.7. The van der Waals surface area contributed by atoms with Gasteiger partial charge < -0.3 is 29.2 Å². The zero-order valence-electron chi connectivity index (χ0n) is 59.7. The predicted octanol–water partition coefficient (Wildman–Crippen LogP) is 23.8. The standard InChI is InChI=1S/C84H104F2N2O4/c1-50-37-58(86)47-66(65-39-56(84(22,23)49-78(5,6)7)45-72(75(65)90)88-69-42-53(81(14,15)16)27-32-61(69)62-33-28-54(43-70(62)88)82(17,18)19)76(50)92-36-24-35-91-73-34-29-57(85)46-63(73)64-38-55(83(20,21)48-77(2,3)4)44-71(74(64)89)87-67-40-51(79(8,9)10)25-30-59(67)60-31-26-52(41-68(60)87)80(11,12)13/h25-30,32-34,37-47,60,89-90H,24,31,35-36,48-49H2,1-23H3. The van der Waals surface area contributed by atoms with Crippen molar-refractivity contribution >= 4 is 33.2 Å². The summed E-state index contributed by atoms with van der Waals surface area (Å²) in [6, 6.07) is 36.1. The van der Waals surface area contributed by atoms with Crippen LogP contribution in [-0.4, -0.2) is 28.0 Å². The number of rotatable bonds is 14. The first-order chi connectivity index (χ1) is 42.4. The van der Waals surface area contributed by atoms with Gasteiger partial charge in [-0.25, -0.2) is 8.78 Å². The van der Waals surface area contributed by atoms with Gasteiger partial charge in [0.1, 0.15) is 34.6 Å². The summed E-state index contributed by atoms with van der Waals surface area (Å²) in [5, 5.41) is 28.5. The Labute approximate surface area is 549 Å². The van der Waals surface area contributed by atoms with Crippen molar-refractivity contribution in [3.05, 3.63) is 183 Å². The number of aromatic nitrogens is 1. The van der Waals surface area contributed by atoms with Crippen molar-refractivity contribution in [2.45, 2.75) is 218 Å². The number of phenols is 2. The van der Waals surface area contributed by atoms with Crippen LogP contribution in [0.15, 0.2) is 133 Å². The molecule has 0 fully saturated rings. The summed E-state index contributed by atoms with van der Waals surface area (Å²) in [5.74, 6) is 0.123. The van der Waals surface area contributed by atoms with Gasteiger partial charge in [-0.15, -0.1) is 0 Å². The van der Waals surface area contributed by atoms with Crippen LogP contribution in [-0.2, 0) is 27.1 Å². The maximum Gasteiger partial charge on any atom is 0.147 e. The minimum Gasteiger partial charge on any atom is -0.505 e. The summed E-state index contributed by atoms with van der Waals surface area (Å²) in [6.45, 7) is 51.5. The van der Waals surface area contributed by atoms with E-state index in [1.165, 1.54) is 52.1 Å². The molecule has 0 spiro atoms. The SMILES string of the molecule is Cc1cc(F)cc(-c2cc(C(C)(C)CC(C)(C)C)cc(-n3c4cc(C(C)(C)C)ccc4c4ccc(C(C)(C)C)cc43)c2O)c1OCCCOc1ccc(F)cc1-c1cc(C(C)(C)CC(C)(C)C)cc(N2C3=CC(C(C)(C)C)=CCC3c3ccc(C(C)(C)C)cc32)c1O. The van der Waals surface area contributed by atoms with Gasteiger partial charge in [0.2, 0.25) is 0 Å². The molecule has 2 heterocycles. The van der Waals surface area contributed by atoms with Gasteiger partial charge >= 0.3 is 0 Å². The summed E-state index contributed by atoms with van der Waals surface area (Å²) in [4.78, 5) is 2.28. The summed E-state index contributed by atoms with van der Waals surface area (Å²) in [5.41, 5.74) is 14.4. The fourth-order valence-electron chi connectivity index (χ4n) is 14.8. The second-order valence-electron chi connectivity index (χ2n) is 34.7. The largest absolute Gasteiger partial charge is 0.505 e. The maximum atomic E-state index is 16.3. The van der Waals surface area contributed by atoms with Crippen LogP contribution in [0.5, 0.6) is 23.0 Å². The van der Waals surface area contributed by atoms with E-state index in [0.717, 1.165) is 63.6 Å². The number of benzene rings is 7. The monoisotopic (exact) mass is 1240 g/mol. The highest BCUT2D eigenvalue weighted by atomic mass is 19.1. The number of nitrogens with zero attached hydrogens (tertiary/aromatic N) is 2. The van der Waals surface area contributed by atoms with Crippen LogP contribution >= 0.6 is 0 Å². The molecule has 0 saturated heterocycles. The summed E-state index contributed by atoms with van der Waals surface area (Å²) < 4.78 is 48.1. The summed E-state index contributed by atoms with van der Waals surface area (Å²) in [6.07, 6.45) is 7.61. The highest BCUT2D eigenvalue weighted by molar-refractivity contribution is 6.10. The number of phenolic OH excluding ortho intramolecular Hbond substituents is 2. The molecule has 488 valence electrons. The second kappa shape index (κ2) is 23.6. The van der Waals surface area contributed by atoms with Crippen LogP contribution in [0.2, 0.25) is 0 Å². The lowest BCUT2D eigenvalue weighted by atomic mass is 9.71. The number of halogens is 2. The van der Waals surface area contributed by atoms with Crippen LogP contribution in [0.1, 0.15) is 223 Å². The molecule has 1 atom stereocenters. The Bertz CT molecular complexity index is 4170. The quantitative estimate of drug-likeness (QED) is 0.106. The average molecular weight is 1240 g/mol. The van der Waals surface area contributed by atoms with Gasteiger partial charge in [0.05, 0.1) is 41.3 Å². The Hall–Kier alpha value is -7.32. The number of anilines is 2. The first kappa shape index (κ1) is 67.6. The van der Waals surface area contributed by atoms with Crippen molar-refractivity contribution in [1.29, 1.82) is 0 Å². The molecule has 0 radical (unpaired) electrons. The van der Waals surface area contributed by atoms with E-state index in [1.807, 2.05) is 19.1 Å². The Morgan fingerprint density at radius 3 is 1.48 bits per heavy atom. The van der Waals surface area contributed by atoms with Crippen molar-refractivity contribution in [2.75, 3.05) is 18.1 Å².